The summed E-state index contributed by atoms with van der Waals surface area (Å²) in [6.45, 7) is -0.490. The van der Waals surface area contributed by atoms with Crippen LogP contribution >= 0.6 is 11.6 Å². The van der Waals surface area contributed by atoms with Crippen LogP contribution in [0.5, 0.6) is 5.75 Å². The molecule has 0 spiro atoms. The SMILES string of the molecule is O=CC#Cc1ccc(Cl)cc1OCC(=O)O. The van der Waals surface area contributed by atoms with E-state index in [1.165, 1.54) is 6.07 Å². The number of carbonyl (C=O) groups excluding carboxylic acids is 1. The minimum atomic E-state index is -1.10. The highest BCUT2D eigenvalue weighted by molar-refractivity contribution is 6.30. The van der Waals surface area contributed by atoms with Crippen molar-refractivity contribution in [1.82, 2.24) is 0 Å². The van der Waals surface area contributed by atoms with Crippen molar-refractivity contribution < 1.29 is 19.4 Å². The monoisotopic (exact) mass is 238 g/mol. The number of carboxylic acid groups (broad SMARTS) is 1. The van der Waals surface area contributed by atoms with E-state index < -0.39 is 12.6 Å². The van der Waals surface area contributed by atoms with E-state index in [4.69, 9.17) is 21.4 Å². The van der Waals surface area contributed by atoms with E-state index >= 15 is 0 Å². The highest BCUT2D eigenvalue weighted by atomic mass is 35.5. The summed E-state index contributed by atoms with van der Waals surface area (Å²) in [4.78, 5) is 20.4. The Morgan fingerprint density at radius 2 is 2.31 bits per heavy atom. The summed E-state index contributed by atoms with van der Waals surface area (Å²) >= 11 is 5.72. The maximum Gasteiger partial charge on any atom is 0.341 e. The summed E-state index contributed by atoms with van der Waals surface area (Å²) in [6.07, 6.45) is 0.440. The van der Waals surface area contributed by atoms with Crippen molar-refractivity contribution in [1.29, 1.82) is 0 Å². The molecule has 16 heavy (non-hydrogen) atoms. The number of carboxylic acids is 1. The van der Waals surface area contributed by atoms with Gasteiger partial charge >= 0.3 is 5.97 Å². The van der Waals surface area contributed by atoms with Crippen LogP contribution in [0, 0.1) is 11.8 Å². The number of hydrogen-bond donors (Lipinski definition) is 1. The molecule has 0 aliphatic rings. The summed E-state index contributed by atoms with van der Waals surface area (Å²) < 4.78 is 4.97. The number of ether oxygens (including phenoxy) is 1. The smallest absolute Gasteiger partial charge is 0.341 e. The van der Waals surface area contributed by atoms with Crippen molar-refractivity contribution >= 4 is 23.9 Å². The summed E-state index contributed by atoms with van der Waals surface area (Å²) in [6, 6.07) is 4.57. The summed E-state index contributed by atoms with van der Waals surface area (Å²) in [5, 5.41) is 8.86. The zero-order valence-corrected chi connectivity index (χ0v) is 8.82. The molecule has 1 rings (SSSR count). The minimum absolute atomic E-state index is 0.240. The Bertz CT molecular complexity index is 471. The van der Waals surface area contributed by atoms with Gasteiger partial charge in [-0.2, -0.15) is 0 Å². The zero-order valence-electron chi connectivity index (χ0n) is 8.07. The number of carbonyl (C=O) groups is 2. The first-order valence-corrected chi connectivity index (χ1v) is 4.60. The number of benzene rings is 1. The Morgan fingerprint density at radius 3 is 2.94 bits per heavy atom. The van der Waals surface area contributed by atoms with Crippen molar-refractivity contribution in [3.05, 3.63) is 28.8 Å². The quantitative estimate of drug-likeness (QED) is 0.638. The van der Waals surface area contributed by atoms with Crippen LogP contribution < -0.4 is 4.74 Å². The van der Waals surface area contributed by atoms with Gasteiger partial charge in [0.25, 0.3) is 0 Å². The summed E-state index contributed by atoms with van der Waals surface area (Å²) in [5.74, 6) is 3.87. The van der Waals surface area contributed by atoms with Crippen molar-refractivity contribution in [3.63, 3.8) is 0 Å². The predicted molar refractivity (Wildman–Crippen MR) is 57.5 cm³/mol. The van der Waals surface area contributed by atoms with E-state index in [-0.39, 0.29) is 5.75 Å². The molecule has 0 saturated carbocycles. The highest BCUT2D eigenvalue weighted by Crippen LogP contribution is 2.22. The van der Waals surface area contributed by atoms with Crippen LogP contribution in [0.1, 0.15) is 5.56 Å². The van der Waals surface area contributed by atoms with Gasteiger partial charge in [0.1, 0.15) is 5.75 Å². The minimum Gasteiger partial charge on any atom is -0.481 e. The molecule has 5 heteroatoms. The summed E-state index contributed by atoms with van der Waals surface area (Å²) in [7, 11) is 0. The second-order valence-electron chi connectivity index (χ2n) is 2.71. The lowest BCUT2D eigenvalue weighted by Crippen LogP contribution is -2.10. The van der Waals surface area contributed by atoms with Crippen molar-refractivity contribution in [3.8, 4) is 17.6 Å². The maximum absolute atomic E-state index is 10.3. The van der Waals surface area contributed by atoms with E-state index in [2.05, 4.69) is 11.8 Å². The molecular weight excluding hydrogens is 232 g/mol. The fourth-order valence-electron chi connectivity index (χ4n) is 0.966. The molecule has 0 aliphatic heterocycles. The molecular formula is C11H7ClO4. The van der Waals surface area contributed by atoms with Gasteiger partial charge in [0.05, 0.1) is 5.56 Å². The number of hydrogen-bond acceptors (Lipinski definition) is 3. The van der Waals surface area contributed by atoms with Gasteiger partial charge in [-0.05, 0) is 18.1 Å². The number of aliphatic carboxylic acids is 1. The number of halogens is 1. The fourth-order valence-corrected chi connectivity index (χ4v) is 1.13. The van der Waals surface area contributed by atoms with Crippen LogP contribution in [-0.4, -0.2) is 24.0 Å². The molecule has 0 radical (unpaired) electrons. The molecule has 4 nitrogen and oxygen atoms in total. The average Bonchev–Trinajstić information content (AvgIpc) is 2.25. The van der Waals surface area contributed by atoms with Crippen LogP contribution in [0.4, 0.5) is 0 Å². The van der Waals surface area contributed by atoms with Gasteiger partial charge < -0.3 is 9.84 Å². The van der Waals surface area contributed by atoms with Crippen LogP contribution in [0.2, 0.25) is 5.02 Å². The van der Waals surface area contributed by atoms with Gasteiger partial charge in [-0.3, -0.25) is 4.79 Å². The zero-order chi connectivity index (χ0) is 12.0. The van der Waals surface area contributed by atoms with Gasteiger partial charge in [-0.15, -0.1) is 0 Å². The molecule has 0 aromatic heterocycles. The lowest BCUT2D eigenvalue weighted by Gasteiger charge is -2.05. The van der Waals surface area contributed by atoms with Crippen molar-refractivity contribution in [2.75, 3.05) is 6.61 Å². The second-order valence-corrected chi connectivity index (χ2v) is 3.15. The number of rotatable bonds is 3. The Hall–Kier alpha value is -1.99. The van der Waals surface area contributed by atoms with E-state index in [0.29, 0.717) is 16.9 Å². The van der Waals surface area contributed by atoms with Gasteiger partial charge in [-0.1, -0.05) is 17.5 Å². The molecule has 0 aliphatic carbocycles. The molecule has 0 fully saturated rings. The van der Waals surface area contributed by atoms with E-state index in [1.807, 2.05) is 0 Å². The Morgan fingerprint density at radius 1 is 1.56 bits per heavy atom. The lowest BCUT2D eigenvalue weighted by atomic mass is 10.2. The van der Waals surface area contributed by atoms with Crippen molar-refractivity contribution in [2.45, 2.75) is 0 Å². The third-order valence-electron chi connectivity index (χ3n) is 1.56. The Balaban J connectivity index is 2.98. The van der Waals surface area contributed by atoms with E-state index in [1.54, 1.807) is 12.1 Å². The van der Waals surface area contributed by atoms with Gasteiger partial charge in [0.2, 0.25) is 0 Å². The number of aldehydes is 1. The molecule has 0 unspecified atom stereocenters. The fraction of sp³-hybridized carbons (Fsp3) is 0.0909. The normalized spacial score (nSPS) is 8.81. The van der Waals surface area contributed by atoms with Crippen LogP contribution in [0.25, 0.3) is 0 Å². The first-order chi connectivity index (χ1) is 7.63. The van der Waals surface area contributed by atoms with Crippen LogP contribution in [-0.2, 0) is 9.59 Å². The molecule has 0 atom stereocenters. The third-order valence-corrected chi connectivity index (χ3v) is 1.80. The molecule has 0 heterocycles. The van der Waals surface area contributed by atoms with E-state index in [9.17, 15) is 9.59 Å². The van der Waals surface area contributed by atoms with Crippen molar-refractivity contribution in [2.24, 2.45) is 0 Å². The molecule has 1 aromatic carbocycles. The standard InChI is InChI=1S/C11H7ClO4/c12-9-4-3-8(2-1-5-13)10(6-9)16-7-11(14)15/h3-6H,7H2,(H,14,15). The predicted octanol–water partition coefficient (Wildman–Crippen LogP) is 1.35. The van der Waals surface area contributed by atoms with Gasteiger partial charge in [-0.25, -0.2) is 4.79 Å². The van der Waals surface area contributed by atoms with E-state index in [0.717, 1.165) is 0 Å². The largest absolute Gasteiger partial charge is 0.481 e. The van der Waals surface area contributed by atoms with Crippen LogP contribution in [0.3, 0.4) is 0 Å². The van der Waals surface area contributed by atoms with Gasteiger partial charge in [0.15, 0.2) is 12.9 Å². The maximum atomic E-state index is 10.3. The Labute approximate surface area is 96.8 Å². The average molecular weight is 239 g/mol. The molecule has 82 valence electrons. The molecule has 1 aromatic rings. The molecule has 1 N–H and O–H groups in total. The lowest BCUT2D eigenvalue weighted by molar-refractivity contribution is -0.139. The van der Waals surface area contributed by atoms with Crippen LogP contribution in [0.15, 0.2) is 18.2 Å². The second kappa shape index (κ2) is 5.79. The first-order valence-electron chi connectivity index (χ1n) is 4.23. The molecule has 0 amide bonds. The molecule has 0 saturated heterocycles. The Kier molecular flexibility index (Phi) is 4.37. The topological polar surface area (TPSA) is 63.6 Å². The summed E-state index contributed by atoms with van der Waals surface area (Å²) in [5.41, 5.74) is 0.415. The third kappa shape index (κ3) is 3.64. The first kappa shape index (κ1) is 12.1. The van der Waals surface area contributed by atoms with Gasteiger partial charge in [0, 0.05) is 11.1 Å². The molecule has 0 bridgehead atoms. The highest BCUT2D eigenvalue weighted by Gasteiger charge is 2.05.